The van der Waals surface area contributed by atoms with Crippen LogP contribution in [-0.4, -0.2) is 24.5 Å². The molecule has 1 atom stereocenters. The summed E-state index contributed by atoms with van der Waals surface area (Å²) in [6.45, 7) is 0.345. The van der Waals surface area contributed by atoms with Gasteiger partial charge in [0.1, 0.15) is 5.82 Å². The predicted molar refractivity (Wildman–Crippen MR) is 115 cm³/mol. The number of hydrogen-bond donors (Lipinski definition) is 3. The topological polar surface area (TPSA) is 73.5 Å². The lowest BCUT2D eigenvalue weighted by molar-refractivity contribution is -0.117. The molecule has 0 bridgehead atoms. The molecule has 152 valence electrons. The van der Waals surface area contributed by atoms with Crippen LogP contribution in [0.5, 0.6) is 0 Å². The Morgan fingerprint density at radius 1 is 0.867 bits per heavy atom. The van der Waals surface area contributed by atoms with E-state index in [1.165, 1.54) is 12.1 Å². The maximum Gasteiger partial charge on any atom is 0.319 e. The van der Waals surface area contributed by atoms with E-state index in [0.717, 1.165) is 11.4 Å². The smallest absolute Gasteiger partial charge is 0.319 e. The molecule has 0 aliphatic carbocycles. The van der Waals surface area contributed by atoms with Crippen molar-refractivity contribution in [2.24, 2.45) is 0 Å². The number of carbonyl (C=O) groups is 2. The first kappa shape index (κ1) is 19.4. The second-order valence-corrected chi connectivity index (χ2v) is 7.05. The molecule has 1 fully saturated rings. The molecule has 0 aromatic heterocycles. The largest absolute Gasteiger partial charge is 0.356 e. The summed E-state index contributed by atoms with van der Waals surface area (Å²) in [6, 6.07) is 22.2. The number of amides is 3. The summed E-state index contributed by atoms with van der Waals surface area (Å²) in [4.78, 5) is 26.1. The number of hydrogen-bond acceptors (Lipinski definition) is 3. The highest BCUT2D eigenvalue weighted by atomic mass is 19.1. The Labute approximate surface area is 173 Å². The highest BCUT2D eigenvalue weighted by Crippen LogP contribution is 2.22. The standard InChI is InChI=1S/C23H21FN4O2/c24-16-6-12-21(13-7-16)28-15-20(14-22(28)29)27-23(30)26-19-10-8-18(9-11-19)25-17-4-2-1-3-5-17/h1-13,20,25H,14-15H2,(H2,26,27,30)/t20-/m0/s1. The molecular weight excluding hydrogens is 383 g/mol. The molecule has 30 heavy (non-hydrogen) atoms. The number of halogens is 1. The summed E-state index contributed by atoms with van der Waals surface area (Å²) in [6.07, 6.45) is 0.199. The summed E-state index contributed by atoms with van der Waals surface area (Å²) < 4.78 is 13.1. The van der Waals surface area contributed by atoms with E-state index < -0.39 is 0 Å². The van der Waals surface area contributed by atoms with E-state index in [0.29, 0.717) is 17.9 Å². The van der Waals surface area contributed by atoms with Crippen molar-refractivity contribution in [2.45, 2.75) is 12.5 Å². The van der Waals surface area contributed by atoms with Crippen molar-refractivity contribution in [3.05, 3.63) is 84.7 Å². The van der Waals surface area contributed by atoms with Crippen LogP contribution in [-0.2, 0) is 4.79 Å². The van der Waals surface area contributed by atoms with Crippen LogP contribution in [0.15, 0.2) is 78.9 Å². The monoisotopic (exact) mass is 404 g/mol. The van der Waals surface area contributed by atoms with E-state index in [1.807, 2.05) is 42.5 Å². The minimum Gasteiger partial charge on any atom is -0.356 e. The van der Waals surface area contributed by atoms with Gasteiger partial charge in [0, 0.05) is 35.7 Å². The average Bonchev–Trinajstić information content (AvgIpc) is 3.10. The Bertz CT molecular complexity index is 1020. The third kappa shape index (κ3) is 4.75. The third-order valence-electron chi connectivity index (χ3n) is 4.80. The van der Waals surface area contributed by atoms with Crippen LogP contribution >= 0.6 is 0 Å². The molecule has 0 spiro atoms. The molecular formula is C23H21FN4O2. The van der Waals surface area contributed by atoms with Gasteiger partial charge in [-0.1, -0.05) is 18.2 Å². The van der Waals surface area contributed by atoms with Crippen LogP contribution in [0.2, 0.25) is 0 Å². The normalized spacial score (nSPS) is 15.7. The molecule has 3 N–H and O–H groups in total. The molecule has 0 saturated carbocycles. The van der Waals surface area contributed by atoms with Crippen molar-refractivity contribution in [1.82, 2.24) is 5.32 Å². The first-order valence-electron chi connectivity index (χ1n) is 9.62. The number of nitrogens with zero attached hydrogens (tertiary/aromatic N) is 1. The van der Waals surface area contributed by atoms with Crippen LogP contribution in [0.1, 0.15) is 6.42 Å². The molecule has 0 radical (unpaired) electrons. The van der Waals surface area contributed by atoms with E-state index in [9.17, 15) is 14.0 Å². The van der Waals surface area contributed by atoms with Crippen LogP contribution in [0.25, 0.3) is 0 Å². The summed E-state index contributed by atoms with van der Waals surface area (Å²) in [5, 5.41) is 8.88. The summed E-state index contributed by atoms with van der Waals surface area (Å²) >= 11 is 0. The minimum atomic E-state index is -0.377. The zero-order valence-corrected chi connectivity index (χ0v) is 16.1. The van der Waals surface area contributed by atoms with Crippen molar-refractivity contribution in [3.8, 4) is 0 Å². The van der Waals surface area contributed by atoms with Gasteiger partial charge in [-0.15, -0.1) is 0 Å². The van der Waals surface area contributed by atoms with Gasteiger partial charge in [-0.3, -0.25) is 4.79 Å². The van der Waals surface area contributed by atoms with Gasteiger partial charge in [-0.05, 0) is 60.7 Å². The van der Waals surface area contributed by atoms with Crippen molar-refractivity contribution in [2.75, 3.05) is 22.1 Å². The Kier molecular flexibility index (Phi) is 5.61. The number of para-hydroxylation sites is 1. The fourth-order valence-corrected chi connectivity index (χ4v) is 3.35. The van der Waals surface area contributed by atoms with E-state index in [1.54, 1.807) is 29.2 Å². The SMILES string of the molecule is O=C(Nc1ccc(Nc2ccccc2)cc1)N[C@H]1CC(=O)N(c2ccc(F)cc2)C1. The number of anilines is 4. The van der Waals surface area contributed by atoms with Crippen LogP contribution in [0, 0.1) is 5.82 Å². The molecule has 3 aromatic carbocycles. The maximum atomic E-state index is 13.1. The van der Waals surface area contributed by atoms with E-state index in [4.69, 9.17) is 0 Å². The fourth-order valence-electron chi connectivity index (χ4n) is 3.35. The Balaban J connectivity index is 1.30. The van der Waals surface area contributed by atoms with Crippen molar-refractivity contribution in [1.29, 1.82) is 0 Å². The third-order valence-corrected chi connectivity index (χ3v) is 4.80. The highest BCUT2D eigenvalue weighted by Gasteiger charge is 2.31. The van der Waals surface area contributed by atoms with Crippen LogP contribution in [0.4, 0.5) is 31.9 Å². The maximum absolute atomic E-state index is 13.1. The molecule has 1 heterocycles. The zero-order chi connectivity index (χ0) is 20.9. The van der Waals surface area contributed by atoms with Gasteiger partial charge in [0.15, 0.2) is 0 Å². The summed E-state index contributed by atoms with van der Waals surface area (Å²) in [5.74, 6) is -0.465. The average molecular weight is 404 g/mol. The molecule has 0 unspecified atom stereocenters. The number of nitrogens with one attached hydrogen (secondary N) is 3. The molecule has 1 saturated heterocycles. The second-order valence-electron chi connectivity index (χ2n) is 7.05. The van der Waals surface area contributed by atoms with Gasteiger partial charge in [-0.25, -0.2) is 9.18 Å². The Hall–Kier alpha value is -3.87. The lowest BCUT2D eigenvalue weighted by Crippen LogP contribution is -2.39. The first-order chi connectivity index (χ1) is 14.6. The predicted octanol–water partition coefficient (Wildman–Crippen LogP) is 4.50. The minimum absolute atomic E-state index is 0.108. The molecule has 6 nitrogen and oxygen atoms in total. The van der Waals surface area contributed by atoms with Gasteiger partial charge >= 0.3 is 6.03 Å². The first-order valence-corrected chi connectivity index (χ1v) is 9.62. The lowest BCUT2D eigenvalue weighted by Gasteiger charge is -2.17. The van der Waals surface area contributed by atoms with Gasteiger partial charge in [-0.2, -0.15) is 0 Å². The lowest BCUT2D eigenvalue weighted by atomic mass is 10.2. The number of urea groups is 1. The molecule has 1 aliphatic heterocycles. The highest BCUT2D eigenvalue weighted by molar-refractivity contribution is 5.97. The fraction of sp³-hybridized carbons (Fsp3) is 0.130. The van der Waals surface area contributed by atoms with Crippen LogP contribution < -0.4 is 20.9 Å². The summed E-state index contributed by atoms with van der Waals surface area (Å²) in [5.41, 5.74) is 3.15. The number of rotatable bonds is 5. The molecule has 1 aliphatic rings. The van der Waals surface area contributed by atoms with Gasteiger partial charge < -0.3 is 20.9 Å². The number of carbonyl (C=O) groups excluding carboxylic acids is 2. The summed E-state index contributed by atoms with van der Waals surface area (Å²) in [7, 11) is 0. The van der Waals surface area contributed by atoms with Gasteiger partial charge in [0.05, 0.1) is 6.04 Å². The Morgan fingerprint density at radius 3 is 2.20 bits per heavy atom. The quantitative estimate of drug-likeness (QED) is 0.586. The van der Waals surface area contributed by atoms with Crippen molar-refractivity contribution < 1.29 is 14.0 Å². The van der Waals surface area contributed by atoms with E-state index in [2.05, 4.69) is 16.0 Å². The number of benzene rings is 3. The Morgan fingerprint density at radius 2 is 1.50 bits per heavy atom. The molecule has 7 heteroatoms. The zero-order valence-electron chi connectivity index (χ0n) is 16.1. The van der Waals surface area contributed by atoms with E-state index in [-0.39, 0.29) is 30.2 Å². The second kappa shape index (κ2) is 8.65. The molecule has 3 aromatic rings. The van der Waals surface area contributed by atoms with Gasteiger partial charge in [0.25, 0.3) is 0 Å². The van der Waals surface area contributed by atoms with Crippen molar-refractivity contribution >= 4 is 34.7 Å². The molecule has 3 amide bonds. The van der Waals surface area contributed by atoms with Crippen molar-refractivity contribution in [3.63, 3.8) is 0 Å². The van der Waals surface area contributed by atoms with Gasteiger partial charge in [0.2, 0.25) is 5.91 Å². The van der Waals surface area contributed by atoms with E-state index >= 15 is 0 Å². The van der Waals surface area contributed by atoms with Crippen LogP contribution in [0.3, 0.4) is 0 Å². The molecule has 4 rings (SSSR count).